The fourth-order valence-corrected chi connectivity index (χ4v) is 2.71. The fraction of sp³-hybridized carbons (Fsp3) is 0.632. The highest BCUT2D eigenvalue weighted by Crippen LogP contribution is 2.11. The molecule has 1 saturated heterocycles. The molecule has 1 aliphatic heterocycles. The summed E-state index contributed by atoms with van der Waals surface area (Å²) < 4.78 is 16.4. The van der Waals surface area contributed by atoms with Crippen molar-refractivity contribution in [3.63, 3.8) is 0 Å². The summed E-state index contributed by atoms with van der Waals surface area (Å²) in [5, 5.41) is 6.66. The van der Waals surface area contributed by atoms with Crippen LogP contribution in [-0.2, 0) is 15.9 Å². The van der Waals surface area contributed by atoms with E-state index in [1.807, 2.05) is 12.1 Å². The van der Waals surface area contributed by atoms with Crippen LogP contribution in [-0.4, -0.2) is 59.1 Å². The number of hydrogen-bond donors (Lipinski definition) is 2. The molecule has 1 aromatic carbocycles. The largest absolute Gasteiger partial charge is 0.497 e. The Hall–Kier alpha value is -1.79. The third-order valence-electron chi connectivity index (χ3n) is 4.22. The second kappa shape index (κ2) is 11.7. The average molecular weight is 349 g/mol. The zero-order chi connectivity index (χ0) is 17.7. The van der Waals surface area contributed by atoms with Gasteiger partial charge in [-0.3, -0.25) is 4.99 Å². The first-order valence-electron chi connectivity index (χ1n) is 9.08. The Bertz CT molecular complexity index is 499. The van der Waals surface area contributed by atoms with Gasteiger partial charge in [0.15, 0.2) is 5.96 Å². The van der Waals surface area contributed by atoms with Gasteiger partial charge in [-0.05, 0) is 43.4 Å². The Balaban J connectivity index is 1.54. The zero-order valence-corrected chi connectivity index (χ0v) is 15.4. The van der Waals surface area contributed by atoms with Crippen molar-refractivity contribution in [1.82, 2.24) is 10.6 Å². The van der Waals surface area contributed by atoms with Crippen LogP contribution in [0.5, 0.6) is 5.75 Å². The maximum atomic E-state index is 5.87. The Kier molecular flexibility index (Phi) is 9.15. The van der Waals surface area contributed by atoms with Crippen molar-refractivity contribution in [3.8, 4) is 5.75 Å². The summed E-state index contributed by atoms with van der Waals surface area (Å²) in [7, 11) is 3.47. The predicted molar refractivity (Wildman–Crippen MR) is 100 cm³/mol. The maximum absolute atomic E-state index is 5.87. The molecule has 0 amide bonds. The highest BCUT2D eigenvalue weighted by atomic mass is 16.5. The zero-order valence-electron chi connectivity index (χ0n) is 15.4. The van der Waals surface area contributed by atoms with Crippen molar-refractivity contribution in [3.05, 3.63) is 29.8 Å². The van der Waals surface area contributed by atoms with Gasteiger partial charge in [0.1, 0.15) is 5.75 Å². The summed E-state index contributed by atoms with van der Waals surface area (Å²) in [5.41, 5.74) is 1.27. The van der Waals surface area contributed by atoms with Crippen LogP contribution in [0.1, 0.15) is 24.8 Å². The molecule has 0 bridgehead atoms. The van der Waals surface area contributed by atoms with Gasteiger partial charge in [0.25, 0.3) is 0 Å². The second-order valence-corrected chi connectivity index (χ2v) is 6.06. The molecule has 1 aliphatic rings. The van der Waals surface area contributed by atoms with Crippen molar-refractivity contribution >= 4 is 5.96 Å². The van der Waals surface area contributed by atoms with Crippen LogP contribution < -0.4 is 15.4 Å². The van der Waals surface area contributed by atoms with Gasteiger partial charge in [0.05, 0.1) is 13.2 Å². The van der Waals surface area contributed by atoms with Crippen LogP contribution in [0.3, 0.4) is 0 Å². The molecule has 0 aliphatic carbocycles. The molecule has 6 nitrogen and oxygen atoms in total. The third-order valence-corrected chi connectivity index (χ3v) is 4.22. The van der Waals surface area contributed by atoms with Crippen LogP contribution >= 0.6 is 0 Å². The molecule has 6 heteroatoms. The molecule has 0 aromatic heterocycles. The molecule has 1 aromatic rings. The topological polar surface area (TPSA) is 64.1 Å². The Morgan fingerprint density at radius 2 is 1.88 bits per heavy atom. The lowest BCUT2D eigenvalue weighted by Crippen LogP contribution is -2.39. The van der Waals surface area contributed by atoms with Crippen LogP contribution in [0.25, 0.3) is 0 Å². The average Bonchev–Trinajstić information content (AvgIpc) is 2.67. The van der Waals surface area contributed by atoms with Gasteiger partial charge in [-0.1, -0.05) is 12.1 Å². The molecule has 2 rings (SSSR count). The van der Waals surface area contributed by atoms with E-state index in [1.165, 1.54) is 5.56 Å². The molecule has 0 radical (unpaired) electrons. The van der Waals surface area contributed by atoms with E-state index in [9.17, 15) is 0 Å². The first-order chi connectivity index (χ1) is 12.3. The number of hydrogen-bond acceptors (Lipinski definition) is 4. The van der Waals surface area contributed by atoms with Gasteiger partial charge >= 0.3 is 0 Å². The van der Waals surface area contributed by atoms with Crippen LogP contribution in [0.4, 0.5) is 0 Å². The van der Waals surface area contributed by atoms with E-state index in [-0.39, 0.29) is 0 Å². The molecule has 2 N–H and O–H groups in total. The van der Waals surface area contributed by atoms with Crippen LogP contribution in [0, 0.1) is 0 Å². The van der Waals surface area contributed by atoms with Crippen molar-refractivity contribution in [2.45, 2.75) is 31.8 Å². The quantitative estimate of drug-likeness (QED) is 0.405. The molecule has 25 heavy (non-hydrogen) atoms. The summed E-state index contributed by atoms with van der Waals surface area (Å²) in [4.78, 5) is 4.25. The lowest BCUT2D eigenvalue weighted by atomic mass is 10.1. The number of ether oxygens (including phenoxy) is 3. The van der Waals surface area contributed by atoms with E-state index in [1.54, 1.807) is 14.2 Å². The van der Waals surface area contributed by atoms with Crippen molar-refractivity contribution in [1.29, 1.82) is 0 Å². The normalized spacial score (nSPS) is 15.8. The van der Waals surface area contributed by atoms with E-state index >= 15 is 0 Å². The van der Waals surface area contributed by atoms with Crippen molar-refractivity contribution < 1.29 is 14.2 Å². The second-order valence-electron chi connectivity index (χ2n) is 6.06. The number of benzene rings is 1. The Morgan fingerprint density at radius 1 is 1.16 bits per heavy atom. The lowest BCUT2D eigenvalue weighted by Gasteiger charge is -2.22. The molecule has 0 spiro atoms. The Morgan fingerprint density at radius 3 is 2.56 bits per heavy atom. The van der Waals surface area contributed by atoms with Gasteiger partial charge in [0.2, 0.25) is 0 Å². The minimum Gasteiger partial charge on any atom is -0.497 e. The molecular weight excluding hydrogens is 318 g/mol. The van der Waals surface area contributed by atoms with E-state index in [2.05, 4.69) is 27.8 Å². The highest BCUT2D eigenvalue weighted by molar-refractivity contribution is 5.79. The first kappa shape index (κ1) is 19.5. The van der Waals surface area contributed by atoms with Gasteiger partial charge < -0.3 is 24.8 Å². The summed E-state index contributed by atoms with van der Waals surface area (Å²) in [5.74, 6) is 1.72. The van der Waals surface area contributed by atoms with Gasteiger partial charge in [-0.2, -0.15) is 0 Å². The summed E-state index contributed by atoms with van der Waals surface area (Å²) in [6.45, 7) is 4.12. The van der Waals surface area contributed by atoms with E-state index in [4.69, 9.17) is 14.2 Å². The summed E-state index contributed by atoms with van der Waals surface area (Å²) in [6, 6.07) is 8.15. The van der Waals surface area contributed by atoms with E-state index in [0.29, 0.717) is 6.10 Å². The van der Waals surface area contributed by atoms with Crippen molar-refractivity contribution in [2.24, 2.45) is 4.99 Å². The van der Waals surface area contributed by atoms with Crippen LogP contribution in [0.15, 0.2) is 29.3 Å². The molecule has 140 valence electrons. The number of nitrogens with one attached hydrogen (secondary N) is 2. The summed E-state index contributed by atoms with van der Waals surface area (Å²) >= 11 is 0. The molecule has 0 saturated carbocycles. The lowest BCUT2D eigenvalue weighted by molar-refractivity contribution is -0.0320. The van der Waals surface area contributed by atoms with Crippen LogP contribution in [0.2, 0.25) is 0 Å². The molecular formula is C19H31N3O3. The summed E-state index contributed by atoms with van der Waals surface area (Å²) in [6.07, 6.45) is 4.31. The number of methoxy groups -OCH3 is 1. The van der Waals surface area contributed by atoms with Crippen molar-refractivity contribution in [2.75, 3.05) is 47.1 Å². The monoisotopic (exact) mass is 349 g/mol. The molecule has 1 heterocycles. The molecule has 0 unspecified atom stereocenters. The standard InChI is InChI=1S/C19H31N3O3/c1-20-19(21-11-3-13-25-18-9-14-24-15-10-18)22-12-8-16-4-6-17(23-2)7-5-16/h4-7,18H,3,8-15H2,1-2H3,(H2,20,21,22). The number of rotatable bonds is 9. The van der Waals surface area contributed by atoms with Gasteiger partial charge in [-0.25, -0.2) is 0 Å². The fourth-order valence-electron chi connectivity index (χ4n) is 2.71. The van der Waals surface area contributed by atoms with E-state index in [0.717, 1.165) is 70.3 Å². The molecule has 1 fully saturated rings. The smallest absolute Gasteiger partial charge is 0.190 e. The SMILES string of the molecule is CN=C(NCCCOC1CCOCC1)NCCc1ccc(OC)cc1. The number of nitrogens with zero attached hydrogens (tertiary/aromatic N) is 1. The molecule has 0 atom stereocenters. The van der Waals surface area contributed by atoms with Gasteiger partial charge in [-0.15, -0.1) is 0 Å². The third kappa shape index (κ3) is 7.75. The first-order valence-corrected chi connectivity index (χ1v) is 9.08. The predicted octanol–water partition coefficient (Wildman–Crippen LogP) is 1.99. The van der Waals surface area contributed by atoms with Gasteiger partial charge in [0, 0.05) is 40.0 Å². The highest BCUT2D eigenvalue weighted by Gasteiger charge is 2.13. The minimum atomic E-state index is 0.371. The minimum absolute atomic E-state index is 0.371. The Labute approximate surface area is 151 Å². The maximum Gasteiger partial charge on any atom is 0.190 e. The number of guanidine groups is 1. The van der Waals surface area contributed by atoms with E-state index < -0.39 is 0 Å². The number of aliphatic imine (C=N–C) groups is 1.